The van der Waals surface area contributed by atoms with Gasteiger partial charge in [0.15, 0.2) is 0 Å². The first-order valence-electron chi connectivity index (χ1n) is 10.9. The Bertz CT molecular complexity index is 1330. The Balaban J connectivity index is 1.49. The molecule has 0 aliphatic carbocycles. The Hall–Kier alpha value is -3.01. The van der Waals surface area contributed by atoms with Gasteiger partial charge in [-0.05, 0) is 54.0 Å². The number of likely N-dealkylation sites (N-methyl/N-ethyl adjacent to an activating group) is 1. The molecule has 0 radical (unpaired) electrons. The Kier molecular flexibility index (Phi) is 6.88. The van der Waals surface area contributed by atoms with E-state index in [0.29, 0.717) is 13.0 Å². The highest BCUT2D eigenvalue weighted by Gasteiger charge is 2.33. The molecule has 1 aliphatic rings. The predicted octanol–water partition coefficient (Wildman–Crippen LogP) is 3.82. The number of nitrogens with one attached hydrogen (secondary N) is 1. The number of hydrogen-bond donors (Lipinski definition) is 1. The van der Waals surface area contributed by atoms with Crippen LogP contribution in [0.25, 0.3) is 0 Å². The van der Waals surface area contributed by atoms with Gasteiger partial charge in [0.25, 0.3) is 5.91 Å². The minimum Gasteiger partial charge on any atom is -0.332 e. The van der Waals surface area contributed by atoms with Crippen molar-refractivity contribution in [1.29, 1.82) is 0 Å². The Morgan fingerprint density at radius 2 is 1.71 bits per heavy atom. The molecule has 0 unspecified atom stereocenters. The summed E-state index contributed by atoms with van der Waals surface area (Å²) >= 11 is 1.07. The third-order valence-corrected chi connectivity index (χ3v) is 8.93. The number of aryl methyl sites for hydroxylation is 2. The standard InChI is InChI=1S/C25H27N3O4S2/c1-17-7-6-8-18(2)23(17)26-22(29)16-27(3)25(30)24-21(12-14-33-24)34(31,32)28-13-11-19-9-4-5-10-20(19)15-28/h4-10,12,14H,11,13,15-16H2,1-3H3,(H,26,29). The lowest BCUT2D eigenvalue weighted by Crippen LogP contribution is -2.38. The number of amides is 2. The third-order valence-electron chi connectivity index (χ3n) is 6.01. The highest BCUT2D eigenvalue weighted by Crippen LogP contribution is 2.30. The smallest absolute Gasteiger partial charge is 0.265 e. The van der Waals surface area contributed by atoms with Gasteiger partial charge in [-0.15, -0.1) is 11.3 Å². The van der Waals surface area contributed by atoms with Crippen molar-refractivity contribution >= 4 is 38.9 Å². The fourth-order valence-electron chi connectivity index (χ4n) is 4.12. The first-order valence-corrected chi connectivity index (χ1v) is 13.3. The second-order valence-corrected chi connectivity index (χ2v) is 11.3. The van der Waals surface area contributed by atoms with Gasteiger partial charge < -0.3 is 10.2 Å². The van der Waals surface area contributed by atoms with E-state index in [0.717, 1.165) is 39.3 Å². The highest BCUT2D eigenvalue weighted by molar-refractivity contribution is 7.89. The van der Waals surface area contributed by atoms with Crippen molar-refractivity contribution in [2.24, 2.45) is 0 Å². The predicted molar refractivity (Wildman–Crippen MR) is 134 cm³/mol. The number of sulfonamides is 1. The summed E-state index contributed by atoms with van der Waals surface area (Å²) in [5, 5.41) is 4.46. The SMILES string of the molecule is Cc1cccc(C)c1NC(=O)CN(C)C(=O)c1sccc1S(=O)(=O)N1CCc2ccccc2C1. The van der Waals surface area contributed by atoms with Crippen molar-refractivity contribution in [3.8, 4) is 0 Å². The molecule has 0 saturated carbocycles. The lowest BCUT2D eigenvalue weighted by molar-refractivity contribution is -0.116. The van der Waals surface area contributed by atoms with Gasteiger partial charge >= 0.3 is 0 Å². The number of nitrogens with zero attached hydrogens (tertiary/aromatic N) is 2. The van der Waals surface area contributed by atoms with Crippen molar-refractivity contribution in [3.63, 3.8) is 0 Å². The molecule has 0 saturated heterocycles. The molecule has 2 heterocycles. The maximum Gasteiger partial charge on any atom is 0.265 e. The zero-order valence-electron chi connectivity index (χ0n) is 19.4. The van der Waals surface area contributed by atoms with Crippen molar-refractivity contribution in [2.45, 2.75) is 31.7 Å². The molecule has 0 atom stereocenters. The number of thiophene rings is 1. The quantitative estimate of drug-likeness (QED) is 0.561. The molecule has 1 N–H and O–H groups in total. The molecule has 0 fully saturated rings. The van der Waals surface area contributed by atoms with Crippen molar-refractivity contribution in [2.75, 3.05) is 25.5 Å². The molecular weight excluding hydrogens is 470 g/mol. The lowest BCUT2D eigenvalue weighted by Gasteiger charge is -2.28. The summed E-state index contributed by atoms with van der Waals surface area (Å²) in [7, 11) is -2.36. The summed E-state index contributed by atoms with van der Waals surface area (Å²) in [6.07, 6.45) is 0.626. The maximum atomic E-state index is 13.4. The van der Waals surface area contributed by atoms with Crippen LogP contribution in [-0.4, -0.2) is 49.6 Å². The number of anilines is 1. The van der Waals surface area contributed by atoms with Crippen LogP contribution in [0.1, 0.15) is 31.9 Å². The number of hydrogen-bond acceptors (Lipinski definition) is 5. The van der Waals surface area contributed by atoms with E-state index in [1.807, 2.05) is 56.3 Å². The van der Waals surface area contributed by atoms with Gasteiger partial charge in [0, 0.05) is 25.8 Å². The van der Waals surface area contributed by atoms with Crippen LogP contribution < -0.4 is 5.32 Å². The van der Waals surface area contributed by atoms with Crippen LogP contribution in [0.5, 0.6) is 0 Å². The van der Waals surface area contributed by atoms with E-state index in [-0.39, 0.29) is 28.8 Å². The van der Waals surface area contributed by atoms with E-state index in [1.54, 1.807) is 5.38 Å². The second-order valence-electron chi connectivity index (χ2n) is 8.45. The van der Waals surface area contributed by atoms with Gasteiger partial charge in [0.1, 0.15) is 9.77 Å². The zero-order valence-corrected chi connectivity index (χ0v) is 21.0. The van der Waals surface area contributed by atoms with Gasteiger partial charge in [-0.25, -0.2) is 8.42 Å². The largest absolute Gasteiger partial charge is 0.332 e. The number of rotatable bonds is 6. The number of carbonyl (C=O) groups excluding carboxylic acids is 2. The van der Waals surface area contributed by atoms with Gasteiger partial charge in [-0.2, -0.15) is 4.31 Å². The number of benzene rings is 2. The van der Waals surface area contributed by atoms with Crippen LogP contribution in [0.15, 0.2) is 58.8 Å². The zero-order chi connectivity index (χ0) is 24.5. The summed E-state index contributed by atoms with van der Waals surface area (Å²) in [4.78, 5) is 27.1. The number of para-hydroxylation sites is 1. The summed E-state index contributed by atoms with van der Waals surface area (Å²) in [5.74, 6) is -0.843. The van der Waals surface area contributed by atoms with Crippen LogP contribution in [0.4, 0.5) is 5.69 Å². The average molecular weight is 498 g/mol. The Labute approximate surface area is 204 Å². The monoisotopic (exact) mass is 497 g/mol. The summed E-state index contributed by atoms with van der Waals surface area (Å²) in [6.45, 7) is 4.24. The molecule has 0 bridgehead atoms. The van der Waals surface area contributed by atoms with E-state index in [9.17, 15) is 18.0 Å². The van der Waals surface area contributed by atoms with E-state index < -0.39 is 15.9 Å². The molecule has 0 spiro atoms. The van der Waals surface area contributed by atoms with Gasteiger partial charge in [-0.1, -0.05) is 42.5 Å². The second kappa shape index (κ2) is 9.69. The van der Waals surface area contributed by atoms with E-state index in [2.05, 4.69) is 5.32 Å². The molecule has 1 aliphatic heterocycles. The van der Waals surface area contributed by atoms with Crippen molar-refractivity contribution < 1.29 is 18.0 Å². The highest BCUT2D eigenvalue weighted by atomic mass is 32.2. The molecule has 34 heavy (non-hydrogen) atoms. The molecule has 7 nitrogen and oxygen atoms in total. The van der Waals surface area contributed by atoms with E-state index >= 15 is 0 Å². The molecule has 3 aromatic rings. The fourth-order valence-corrected chi connectivity index (χ4v) is 6.93. The topological polar surface area (TPSA) is 86.8 Å². The fraction of sp³-hybridized carbons (Fsp3) is 0.280. The van der Waals surface area contributed by atoms with E-state index in [4.69, 9.17) is 0 Å². The first-order chi connectivity index (χ1) is 16.2. The molecule has 2 aromatic carbocycles. The van der Waals surface area contributed by atoms with Crippen molar-refractivity contribution in [1.82, 2.24) is 9.21 Å². The van der Waals surface area contributed by atoms with Crippen LogP contribution in [0.3, 0.4) is 0 Å². The first kappa shape index (κ1) is 24.1. The minimum atomic E-state index is -3.86. The average Bonchev–Trinajstić information content (AvgIpc) is 3.31. The molecule has 1 aromatic heterocycles. The molecule has 2 amide bonds. The number of fused-ring (bicyclic) bond motifs is 1. The molecule has 178 valence electrons. The minimum absolute atomic E-state index is 0.0103. The summed E-state index contributed by atoms with van der Waals surface area (Å²) in [6, 6.07) is 15.0. The summed E-state index contributed by atoms with van der Waals surface area (Å²) in [5.41, 5.74) is 4.69. The van der Waals surface area contributed by atoms with E-state index in [1.165, 1.54) is 22.3 Å². The normalized spacial score (nSPS) is 13.9. The van der Waals surface area contributed by atoms with Gasteiger partial charge in [0.05, 0.1) is 6.54 Å². The maximum absolute atomic E-state index is 13.4. The van der Waals surface area contributed by atoms with Crippen LogP contribution in [-0.2, 0) is 27.8 Å². The van der Waals surface area contributed by atoms with Crippen molar-refractivity contribution in [3.05, 3.63) is 81.0 Å². The molecular formula is C25H27N3O4S2. The number of carbonyl (C=O) groups is 2. The Morgan fingerprint density at radius 3 is 2.41 bits per heavy atom. The van der Waals surface area contributed by atoms with Crippen LogP contribution in [0, 0.1) is 13.8 Å². The molecule has 9 heteroatoms. The lowest BCUT2D eigenvalue weighted by atomic mass is 10.0. The van der Waals surface area contributed by atoms with Gasteiger partial charge in [0.2, 0.25) is 15.9 Å². The Morgan fingerprint density at radius 1 is 1.03 bits per heavy atom. The van der Waals surface area contributed by atoms with Crippen LogP contribution in [0.2, 0.25) is 0 Å². The van der Waals surface area contributed by atoms with Gasteiger partial charge in [-0.3, -0.25) is 9.59 Å². The third kappa shape index (κ3) is 4.77. The van der Waals surface area contributed by atoms with Crippen LogP contribution >= 0.6 is 11.3 Å². The molecule has 4 rings (SSSR count). The summed E-state index contributed by atoms with van der Waals surface area (Å²) < 4.78 is 28.3.